The van der Waals surface area contributed by atoms with Crippen LogP contribution >= 0.6 is 0 Å². The van der Waals surface area contributed by atoms with Crippen molar-refractivity contribution in [2.45, 2.75) is 6.04 Å². The zero-order valence-electron chi connectivity index (χ0n) is 4.39. The second-order valence-corrected chi connectivity index (χ2v) is 1.93. The van der Waals surface area contributed by atoms with E-state index in [-0.39, 0.29) is 0 Å². The van der Waals surface area contributed by atoms with E-state index in [2.05, 4.69) is 5.32 Å². The first-order valence-corrected chi connectivity index (χ1v) is 2.63. The van der Waals surface area contributed by atoms with E-state index in [0.717, 1.165) is 6.61 Å². The molecule has 0 aromatic heterocycles. The minimum atomic E-state index is 0.404. The molecule has 0 aromatic carbocycles. The Bertz CT molecular complexity index is 132. The van der Waals surface area contributed by atoms with Gasteiger partial charge in [0.25, 0.3) is 0 Å². The molecule has 0 amide bonds. The molecule has 2 rings (SSSR count). The lowest BCUT2D eigenvalue weighted by Gasteiger charge is -1.96. The lowest BCUT2D eigenvalue weighted by Crippen LogP contribution is -2.03. The van der Waals surface area contributed by atoms with Crippen molar-refractivity contribution < 1.29 is 9.47 Å². The predicted molar refractivity (Wildman–Crippen MR) is 26.9 cm³/mol. The second kappa shape index (κ2) is 1.39. The Labute approximate surface area is 47.3 Å². The van der Waals surface area contributed by atoms with Crippen LogP contribution in [0.25, 0.3) is 0 Å². The van der Waals surface area contributed by atoms with Crippen LogP contribution in [0.3, 0.4) is 0 Å². The van der Waals surface area contributed by atoms with Crippen molar-refractivity contribution in [1.82, 2.24) is 5.32 Å². The third kappa shape index (κ3) is 0.554. The summed E-state index contributed by atoms with van der Waals surface area (Å²) in [6.07, 6.45) is 1.72. The lowest BCUT2D eigenvalue weighted by molar-refractivity contribution is -0.00504. The van der Waals surface area contributed by atoms with Crippen LogP contribution in [0.5, 0.6) is 0 Å². The third-order valence-electron chi connectivity index (χ3n) is 1.28. The van der Waals surface area contributed by atoms with Crippen LogP contribution in [0, 0.1) is 0 Å². The maximum Gasteiger partial charge on any atom is 0.188 e. The highest BCUT2D eigenvalue weighted by Gasteiger charge is 2.30. The topological polar surface area (TPSA) is 40.4 Å². The third-order valence-corrected chi connectivity index (χ3v) is 1.28. The zero-order chi connectivity index (χ0) is 5.40. The van der Waals surface area contributed by atoms with Crippen LogP contribution in [-0.4, -0.2) is 19.4 Å². The summed E-state index contributed by atoms with van der Waals surface area (Å²) in [5, 5.41) is 3.08. The Hall–Kier alpha value is -0.700. The quantitative estimate of drug-likeness (QED) is 0.442. The summed E-state index contributed by atoms with van der Waals surface area (Å²) in [7, 11) is 0. The van der Waals surface area contributed by atoms with E-state index in [1.807, 2.05) is 0 Å². The average Bonchev–Trinajstić information content (AvgIpc) is 2.36. The van der Waals surface area contributed by atoms with Crippen LogP contribution in [0.2, 0.25) is 0 Å². The van der Waals surface area contributed by atoms with Gasteiger partial charge < -0.3 is 14.8 Å². The number of rotatable bonds is 0. The monoisotopic (exact) mass is 113 g/mol. The number of hydrogen-bond donors (Lipinski definition) is 1. The van der Waals surface area contributed by atoms with Gasteiger partial charge in [-0.05, 0) is 0 Å². The molecule has 2 aliphatic rings. The molecule has 0 bridgehead atoms. The number of nitrogens with one attached hydrogen (secondary N) is 1. The SMILES string of the molecule is C1=C2NC2COCO1. The summed E-state index contributed by atoms with van der Waals surface area (Å²) in [4.78, 5) is 0. The maximum atomic E-state index is 5.01. The van der Waals surface area contributed by atoms with Crippen molar-refractivity contribution in [2.24, 2.45) is 0 Å². The van der Waals surface area contributed by atoms with E-state index in [9.17, 15) is 0 Å². The lowest BCUT2D eigenvalue weighted by atomic mass is 10.4. The van der Waals surface area contributed by atoms with Crippen molar-refractivity contribution in [3.8, 4) is 0 Å². The van der Waals surface area contributed by atoms with Gasteiger partial charge in [-0.25, -0.2) is 0 Å². The molecule has 8 heavy (non-hydrogen) atoms. The molecular formula is C5H7NO2. The summed E-state index contributed by atoms with van der Waals surface area (Å²) >= 11 is 0. The first kappa shape index (κ1) is 4.21. The average molecular weight is 113 g/mol. The Morgan fingerprint density at radius 2 is 2.75 bits per heavy atom. The van der Waals surface area contributed by atoms with E-state index in [0.29, 0.717) is 12.8 Å². The minimum absolute atomic E-state index is 0.404. The highest BCUT2D eigenvalue weighted by atomic mass is 16.7. The van der Waals surface area contributed by atoms with Gasteiger partial charge in [0.15, 0.2) is 6.79 Å². The zero-order valence-corrected chi connectivity index (χ0v) is 4.39. The van der Waals surface area contributed by atoms with Crippen molar-refractivity contribution in [1.29, 1.82) is 0 Å². The largest absolute Gasteiger partial charge is 0.473 e. The highest BCUT2D eigenvalue weighted by molar-refractivity contribution is 5.23. The van der Waals surface area contributed by atoms with Crippen LogP contribution in [0.1, 0.15) is 0 Å². The van der Waals surface area contributed by atoms with E-state index >= 15 is 0 Å². The number of fused-ring (bicyclic) bond motifs is 1. The van der Waals surface area contributed by atoms with E-state index in [4.69, 9.17) is 9.47 Å². The van der Waals surface area contributed by atoms with Crippen LogP contribution in [0.4, 0.5) is 0 Å². The van der Waals surface area contributed by atoms with Crippen molar-refractivity contribution in [3.05, 3.63) is 12.0 Å². The minimum Gasteiger partial charge on any atom is -0.473 e. The summed E-state index contributed by atoms with van der Waals surface area (Å²) in [5.74, 6) is 0. The van der Waals surface area contributed by atoms with Gasteiger partial charge in [-0.3, -0.25) is 0 Å². The van der Waals surface area contributed by atoms with Gasteiger partial charge in [-0.15, -0.1) is 0 Å². The molecule has 0 aliphatic carbocycles. The van der Waals surface area contributed by atoms with Gasteiger partial charge in [-0.2, -0.15) is 0 Å². The van der Waals surface area contributed by atoms with Gasteiger partial charge in [0.05, 0.1) is 18.3 Å². The van der Waals surface area contributed by atoms with E-state index in [1.165, 1.54) is 5.70 Å². The van der Waals surface area contributed by atoms with Crippen molar-refractivity contribution >= 4 is 0 Å². The molecule has 3 heteroatoms. The molecule has 1 atom stereocenters. The molecule has 3 nitrogen and oxygen atoms in total. The van der Waals surface area contributed by atoms with Crippen molar-refractivity contribution in [2.75, 3.05) is 13.4 Å². The Morgan fingerprint density at radius 1 is 1.75 bits per heavy atom. The molecule has 1 saturated heterocycles. The number of hydrogen-bond acceptors (Lipinski definition) is 3. The smallest absolute Gasteiger partial charge is 0.188 e. The highest BCUT2D eigenvalue weighted by Crippen LogP contribution is 2.17. The Morgan fingerprint density at radius 3 is 3.75 bits per heavy atom. The molecule has 2 heterocycles. The van der Waals surface area contributed by atoms with Crippen molar-refractivity contribution in [3.63, 3.8) is 0 Å². The van der Waals surface area contributed by atoms with Crippen LogP contribution < -0.4 is 5.32 Å². The van der Waals surface area contributed by atoms with E-state index < -0.39 is 0 Å². The van der Waals surface area contributed by atoms with E-state index in [1.54, 1.807) is 6.26 Å². The first-order chi connectivity index (χ1) is 3.97. The van der Waals surface area contributed by atoms with Crippen LogP contribution in [-0.2, 0) is 9.47 Å². The molecule has 1 N–H and O–H groups in total. The molecule has 2 aliphatic heterocycles. The Kier molecular flexibility index (Phi) is 0.729. The van der Waals surface area contributed by atoms with Gasteiger partial charge in [-0.1, -0.05) is 0 Å². The second-order valence-electron chi connectivity index (χ2n) is 1.93. The Balaban J connectivity index is 2.06. The molecule has 0 radical (unpaired) electrons. The summed E-state index contributed by atoms with van der Waals surface area (Å²) < 4.78 is 9.91. The summed E-state index contributed by atoms with van der Waals surface area (Å²) in [6.45, 7) is 1.16. The summed E-state index contributed by atoms with van der Waals surface area (Å²) in [5.41, 5.74) is 1.17. The van der Waals surface area contributed by atoms with Gasteiger partial charge in [0, 0.05) is 0 Å². The normalized spacial score (nSPS) is 33.0. The van der Waals surface area contributed by atoms with Gasteiger partial charge in [0.2, 0.25) is 0 Å². The predicted octanol–water partition coefficient (Wildman–Crippen LogP) is -0.196. The molecule has 44 valence electrons. The molecule has 1 unspecified atom stereocenters. The fraction of sp³-hybridized carbons (Fsp3) is 0.600. The van der Waals surface area contributed by atoms with Gasteiger partial charge in [0.1, 0.15) is 6.26 Å². The molecule has 0 saturated carbocycles. The fourth-order valence-corrected chi connectivity index (χ4v) is 0.745. The maximum absolute atomic E-state index is 5.01. The van der Waals surface area contributed by atoms with Crippen LogP contribution in [0.15, 0.2) is 12.0 Å². The van der Waals surface area contributed by atoms with Gasteiger partial charge >= 0.3 is 0 Å². The molecule has 1 fully saturated rings. The summed E-state index contributed by atoms with van der Waals surface area (Å²) in [6, 6.07) is 0.456. The standard InChI is InChI=1S/C5H7NO2/c1-4-5(6-4)2-8-3-7-1/h1,5-6H,2-3H2. The molecule has 0 spiro atoms. The fourth-order valence-electron chi connectivity index (χ4n) is 0.745. The molecule has 0 aromatic rings. The molecular weight excluding hydrogens is 106 g/mol. The first-order valence-electron chi connectivity index (χ1n) is 2.63. The number of ether oxygens (including phenoxy) is 2.